The molecule has 6 heterocycles. The molecule has 2 aromatic heterocycles. The average molecular weight is 807 g/mol. The molecule has 62 heavy (non-hydrogen) atoms. The molecule has 4 fully saturated rings. The number of aromatic nitrogens is 2. The van der Waals surface area contributed by atoms with Crippen molar-refractivity contribution in [3.8, 4) is 11.4 Å². The second-order valence-electron chi connectivity index (χ2n) is 18.4. The van der Waals surface area contributed by atoms with E-state index in [9.17, 15) is 0 Å². The summed E-state index contributed by atoms with van der Waals surface area (Å²) < 4.78 is 27.6. The second-order valence-corrected chi connectivity index (χ2v) is 18.4. The van der Waals surface area contributed by atoms with E-state index >= 15 is 0 Å². The summed E-state index contributed by atoms with van der Waals surface area (Å²) in [6.45, 7) is 6.39. The normalized spacial score (nSPS) is 17.9. The Kier molecular flexibility index (Phi) is 7.00. The Morgan fingerprint density at radius 3 is 0.871 bits per heavy atom. The summed E-state index contributed by atoms with van der Waals surface area (Å²) in [5.41, 5.74) is 12.8. The van der Waals surface area contributed by atoms with Crippen LogP contribution in [0.25, 0.3) is 98.1 Å². The minimum Gasteiger partial charge on any atom is -0.380 e. The lowest BCUT2D eigenvalue weighted by Gasteiger charge is -2.26. The third-order valence-corrected chi connectivity index (χ3v) is 15.2. The first-order valence-electron chi connectivity index (χ1n) is 22.3. The Morgan fingerprint density at radius 2 is 0.581 bits per heavy atom. The van der Waals surface area contributed by atoms with Crippen LogP contribution in [-0.4, -0.2) is 62.0 Å². The summed E-state index contributed by atoms with van der Waals surface area (Å²) in [6, 6.07) is 51.8. The van der Waals surface area contributed by atoms with Gasteiger partial charge in [-0.2, -0.15) is 0 Å². The Morgan fingerprint density at radius 1 is 0.290 bits per heavy atom. The van der Waals surface area contributed by atoms with Crippen molar-refractivity contribution in [2.24, 2.45) is 0 Å². The number of fused-ring (bicyclic) bond motifs is 8. The van der Waals surface area contributed by atoms with E-state index in [2.05, 4.69) is 143 Å². The van der Waals surface area contributed by atoms with Gasteiger partial charge in [0, 0.05) is 56.0 Å². The standard InChI is InChI=1S/C56H42N2O4/c1-3-39-40-4-2-6-44-50(58-53-15-9-33(37-27-61-28-37)21-47(53)48-22-34(10-16-54(48)58)38-29-62-30-38)18-12-42(56(40)44)41-11-17-49(43(5-1)55(39)41)57-51-13-7-31(35-23-59-24-35)19-45(51)46-20-32(8-14-52(46)57)36-25-60-26-36/h1-22,35-38H,23-30H2. The zero-order valence-corrected chi connectivity index (χ0v) is 34.2. The summed E-state index contributed by atoms with van der Waals surface area (Å²) in [7, 11) is 0. The maximum absolute atomic E-state index is 5.63. The lowest BCUT2D eigenvalue weighted by Crippen LogP contribution is -2.25. The monoisotopic (exact) mass is 806 g/mol. The van der Waals surface area contributed by atoms with Crippen molar-refractivity contribution >= 4 is 86.7 Å². The summed E-state index contributed by atoms with van der Waals surface area (Å²) >= 11 is 0. The van der Waals surface area contributed by atoms with Crippen molar-refractivity contribution < 1.29 is 18.9 Å². The van der Waals surface area contributed by atoms with Crippen LogP contribution in [0.5, 0.6) is 0 Å². The number of rotatable bonds is 6. The quantitative estimate of drug-likeness (QED) is 0.124. The molecule has 6 nitrogen and oxygen atoms in total. The fourth-order valence-corrected chi connectivity index (χ4v) is 11.4. The molecule has 4 aliphatic rings. The first kappa shape index (κ1) is 34.3. The average Bonchev–Trinajstić information content (AvgIpc) is 3.71. The van der Waals surface area contributed by atoms with Crippen LogP contribution in [0.2, 0.25) is 0 Å². The SMILES string of the molecule is c1cc2c(-n3c4ccc(C5COC5)cc4c4cc(C5COC5)ccc43)ccc3c4ccc(-n5c6ccc(C7COC7)cc6c6cc(C7COC7)ccc65)c5cccc(c(c1)c23)c54. The number of benzene rings is 9. The van der Waals surface area contributed by atoms with Gasteiger partial charge < -0.3 is 28.1 Å². The minimum absolute atomic E-state index is 0.459. The fourth-order valence-electron chi connectivity index (χ4n) is 11.4. The third kappa shape index (κ3) is 4.62. The molecule has 9 aromatic carbocycles. The van der Waals surface area contributed by atoms with E-state index in [0.717, 1.165) is 52.9 Å². The van der Waals surface area contributed by atoms with E-state index in [0.29, 0.717) is 23.7 Å². The first-order valence-corrected chi connectivity index (χ1v) is 22.3. The van der Waals surface area contributed by atoms with Crippen molar-refractivity contribution in [1.29, 1.82) is 0 Å². The van der Waals surface area contributed by atoms with Crippen LogP contribution in [0.3, 0.4) is 0 Å². The maximum atomic E-state index is 5.63. The second kappa shape index (κ2) is 12.7. The Labute approximate surface area is 357 Å². The first-order chi connectivity index (χ1) is 30.7. The lowest BCUT2D eigenvalue weighted by atomic mass is 9.88. The highest BCUT2D eigenvalue weighted by Crippen LogP contribution is 2.47. The van der Waals surface area contributed by atoms with E-state index in [-0.39, 0.29) is 0 Å². The van der Waals surface area contributed by atoms with Crippen LogP contribution in [-0.2, 0) is 18.9 Å². The minimum atomic E-state index is 0.459. The molecule has 0 atom stereocenters. The molecule has 0 unspecified atom stereocenters. The van der Waals surface area contributed by atoms with Crippen molar-refractivity contribution in [3.63, 3.8) is 0 Å². The molecule has 11 aromatic rings. The fraction of sp³-hybridized carbons (Fsp3) is 0.214. The number of ether oxygens (including phenoxy) is 4. The highest BCUT2D eigenvalue weighted by atomic mass is 16.5. The van der Waals surface area contributed by atoms with Gasteiger partial charge in [-0.15, -0.1) is 0 Å². The molecule has 4 aliphatic heterocycles. The largest absolute Gasteiger partial charge is 0.380 e. The van der Waals surface area contributed by atoms with Gasteiger partial charge in [0.2, 0.25) is 0 Å². The van der Waals surface area contributed by atoms with Crippen LogP contribution >= 0.6 is 0 Å². The molecule has 300 valence electrons. The number of nitrogens with zero attached hydrogens (tertiary/aromatic N) is 2. The summed E-state index contributed by atoms with van der Waals surface area (Å²) in [5.74, 6) is 1.84. The zero-order chi connectivity index (χ0) is 40.2. The molecule has 0 N–H and O–H groups in total. The van der Waals surface area contributed by atoms with Gasteiger partial charge in [0.25, 0.3) is 0 Å². The Bertz CT molecular complexity index is 3290. The van der Waals surface area contributed by atoms with Crippen LogP contribution in [0.4, 0.5) is 0 Å². The highest BCUT2D eigenvalue weighted by molar-refractivity contribution is 6.34. The van der Waals surface area contributed by atoms with Gasteiger partial charge in [0.15, 0.2) is 0 Å². The predicted molar refractivity (Wildman–Crippen MR) is 251 cm³/mol. The summed E-state index contributed by atoms with van der Waals surface area (Å²) in [5, 5.41) is 15.5. The van der Waals surface area contributed by atoms with Crippen molar-refractivity contribution in [1.82, 2.24) is 9.13 Å². The zero-order valence-electron chi connectivity index (χ0n) is 34.2. The summed E-state index contributed by atoms with van der Waals surface area (Å²) in [6.07, 6.45) is 0. The Hall–Kier alpha value is -6.28. The Balaban J connectivity index is 0.962. The molecule has 0 bridgehead atoms. The van der Waals surface area contributed by atoms with Gasteiger partial charge in [0.05, 0.1) is 86.3 Å². The molecule has 6 heteroatoms. The van der Waals surface area contributed by atoms with Gasteiger partial charge in [-0.3, -0.25) is 0 Å². The van der Waals surface area contributed by atoms with Gasteiger partial charge >= 0.3 is 0 Å². The molecule has 0 radical (unpaired) electrons. The van der Waals surface area contributed by atoms with Crippen molar-refractivity contribution in [2.45, 2.75) is 23.7 Å². The molecule has 4 saturated heterocycles. The molecule has 0 spiro atoms. The van der Waals surface area contributed by atoms with E-state index in [1.54, 1.807) is 0 Å². The molecule has 15 rings (SSSR count). The van der Waals surface area contributed by atoms with E-state index in [4.69, 9.17) is 18.9 Å². The van der Waals surface area contributed by atoms with Gasteiger partial charge in [0.1, 0.15) is 0 Å². The van der Waals surface area contributed by atoms with Crippen molar-refractivity contribution in [3.05, 3.63) is 156 Å². The molecule has 0 amide bonds. The third-order valence-electron chi connectivity index (χ3n) is 15.2. The van der Waals surface area contributed by atoms with Crippen molar-refractivity contribution in [2.75, 3.05) is 52.9 Å². The lowest BCUT2D eigenvalue weighted by molar-refractivity contribution is 0.00839. The highest BCUT2D eigenvalue weighted by Gasteiger charge is 2.28. The van der Waals surface area contributed by atoms with Gasteiger partial charge in [-0.1, -0.05) is 72.8 Å². The molecule has 0 aliphatic carbocycles. The predicted octanol–water partition coefficient (Wildman–Crippen LogP) is 12.4. The molecule has 0 saturated carbocycles. The van der Waals surface area contributed by atoms with Crippen LogP contribution in [0, 0.1) is 0 Å². The van der Waals surface area contributed by atoms with Crippen LogP contribution in [0.15, 0.2) is 133 Å². The van der Waals surface area contributed by atoms with E-state index < -0.39 is 0 Å². The van der Waals surface area contributed by atoms with E-state index in [1.165, 1.54) is 120 Å². The maximum Gasteiger partial charge on any atom is 0.0557 e. The van der Waals surface area contributed by atoms with E-state index in [1.807, 2.05) is 0 Å². The topological polar surface area (TPSA) is 46.8 Å². The van der Waals surface area contributed by atoms with Gasteiger partial charge in [-0.25, -0.2) is 0 Å². The number of hydrogen-bond acceptors (Lipinski definition) is 4. The smallest absolute Gasteiger partial charge is 0.0557 e. The molecular weight excluding hydrogens is 765 g/mol. The van der Waals surface area contributed by atoms with Crippen LogP contribution in [0.1, 0.15) is 45.9 Å². The molecular formula is C56H42N2O4. The summed E-state index contributed by atoms with van der Waals surface area (Å²) in [4.78, 5) is 0. The van der Waals surface area contributed by atoms with Crippen LogP contribution < -0.4 is 0 Å². The number of hydrogen-bond donors (Lipinski definition) is 0. The van der Waals surface area contributed by atoms with Gasteiger partial charge in [-0.05, 0) is 115 Å².